The first kappa shape index (κ1) is 19.5. The lowest BCUT2D eigenvalue weighted by Crippen LogP contribution is -2.15. The number of nitrogens with zero attached hydrogens (tertiary/aromatic N) is 1. The second kappa shape index (κ2) is 7.88. The van der Waals surface area contributed by atoms with Crippen molar-refractivity contribution >= 4 is 50.2 Å². The number of nitrogens with one attached hydrogen (secondary N) is 1. The molecule has 1 aliphatic rings. The number of esters is 1. The van der Waals surface area contributed by atoms with Crippen LogP contribution in [-0.2, 0) is 4.74 Å². The molecule has 0 atom stereocenters. The Bertz CT molecular complexity index is 1200. The number of ether oxygens (including phenoxy) is 3. The molecule has 0 amide bonds. The monoisotopic (exact) mass is 432 g/mol. The maximum Gasteiger partial charge on any atom is 0.348 e. The van der Waals surface area contributed by atoms with Gasteiger partial charge in [0.15, 0.2) is 17.3 Å². The van der Waals surface area contributed by atoms with Crippen LogP contribution in [0.25, 0.3) is 21.3 Å². The van der Waals surface area contributed by atoms with Gasteiger partial charge >= 0.3 is 5.97 Å². The molecule has 7 nitrogen and oxygen atoms in total. The van der Waals surface area contributed by atoms with Crippen LogP contribution in [0.3, 0.4) is 0 Å². The quantitative estimate of drug-likeness (QED) is 0.627. The molecule has 9 heteroatoms. The third kappa shape index (κ3) is 3.73. The fourth-order valence-electron chi connectivity index (χ4n) is 3.01. The predicted molar refractivity (Wildman–Crippen MR) is 112 cm³/mol. The molecule has 0 saturated carbocycles. The summed E-state index contributed by atoms with van der Waals surface area (Å²) in [6.45, 7) is 4.69. The Morgan fingerprint density at radius 3 is 2.86 bits per heavy atom. The van der Waals surface area contributed by atoms with Gasteiger partial charge in [0.05, 0.1) is 17.0 Å². The van der Waals surface area contributed by atoms with Crippen molar-refractivity contribution in [2.75, 3.05) is 19.8 Å². The average Bonchev–Trinajstić information content (AvgIpc) is 3.05. The van der Waals surface area contributed by atoms with Crippen molar-refractivity contribution in [1.29, 1.82) is 0 Å². The molecule has 0 spiro atoms. The number of hydrogen-bond donors (Lipinski definition) is 1. The summed E-state index contributed by atoms with van der Waals surface area (Å²) in [4.78, 5) is 32.6. The molecule has 3 aromatic rings. The third-order valence-corrected chi connectivity index (χ3v) is 5.80. The van der Waals surface area contributed by atoms with Crippen LogP contribution in [0, 0.1) is 6.92 Å². The number of aromatic nitrogens is 2. The third-order valence-electron chi connectivity index (χ3n) is 4.35. The van der Waals surface area contributed by atoms with E-state index in [0.717, 1.165) is 16.9 Å². The lowest BCUT2D eigenvalue weighted by molar-refractivity contribution is 0.0531. The maximum atomic E-state index is 12.6. The number of carbonyl (C=O) groups excluding carboxylic acids is 1. The molecule has 0 unspecified atom stereocenters. The predicted octanol–water partition coefficient (Wildman–Crippen LogP) is 3.98. The van der Waals surface area contributed by atoms with Crippen LogP contribution < -0.4 is 15.0 Å². The average molecular weight is 433 g/mol. The Morgan fingerprint density at radius 1 is 1.34 bits per heavy atom. The molecule has 1 aromatic carbocycles. The van der Waals surface area contributed by atoms with E-state index in [1.54, 1.807) is 26.0 Å². The minimum atomic E-state index is -0.466. The first-order chi connectivity index (χ1) is 14.0. The Kier molecular flexibility index (Phi) is 5.29. The summed E-state index contributed by atoms with van der Waals surface area (Å²) in [6, 6.07) is 5.44. The van der Waals surface area contributed by atoms with Gasteiger partial charge in [-0.05, 0) is 43.2 Å². The molecule has 0 bridgehead atoms. The Balaban J connectivity index is 1.73. The van der Waals surface area contributed by atoms with Crippen LogP contribution >= 0.6 is 22.9 Å². The first-order valence-corrected chi connectivity index (χ1v) is 10.1. The topological polar surface area (TPSA) is 90.5 Å². The first-order valence-electron chi connectivity index (χ1n) is 8.95. The van der Waals surface area contributed by atoms with Gasteiger partial charge in [-0.2, -0.15) is 0 Å². The van der Waals surface area contributed by atoms with E-state index in [-0.39, 0.29) is 23.0 Å². The molecule has 0 radical (unpaired) electrons. The molecule has 2 aromatic heterocycles. The molecule has 0 fully saturated rings. The summed E-state index contributed by atoms with van der Waals surface area (Å²) in [6.07, 6.45) is 1.68. The zero-order chi connectivity index (χ0) is 20.5. The van der Waals surface area contributed by atoms with Crippen molar-refractivity contribution < 1.29 is 19.0 Å². The Labute approximate surface area is 174 Å². The molecule has 0 saturated heterocycles. The lowest BCUT2D eigenvalue weighted by Gasteiger charge is -2.18. The minimum absolute atomic E-state index is 0.218. The summed E-state index contributed by atoms with van der Waals surface area (Å²) in [7, 11) is 0. The van der Waals surface area contributed by atoms with Gasteiger partial charge in [0.1, 0.15) is 22.9 Å². The molecule has 4 rings (SSSR count). The molecule has 0 aliphatic carbocycles. The minimum Gasteiger partial charge on any atom is -0.486 e. The van der Waals surface area contributed by atoms with Gasteiger partial charge in [0.25, 0.3) is 5.56 Å². The fraction of sp³-hybridized carbons (Fsp3) is 0.250. The Morgan fingerprint density at radius 2 is 2.10 bits per heavy atom. The van der Waals surface area contributed by atoms with Crippen molar-refractivity contribution in [3.05, 3.63) is 50.4 Å². The summed E-state index contributed by atoms with van der Waals surface area (Å²) >= 11 is 7.54. The number of fused-ring (bicyclic) bond motifs is 2. The van der Waals surface area contributed by atoms with Crippen molar-refractivity contribution in [2.45, 2.75) is 13.8 Å². The smallest absolute Gasteiger partial charge is 0.348 e. The van der Waals surface area contributed by atoms with E-state index in [2.05, 4.69) is 9.97 Å². The van der Waals surface area contributed by atoms with Gasteiger partial charge in [0, 0.05) is 0 Å². The van der Waals surface area contributed by atoms with Crippen LogP contribution in [0.4, 0.5) is 0 Å². The van der Waals surface area contributed by atoms with Crippen LogP contribution in [0.15, 0.2) is 23.0 Å². The van der Waals surface area contributed by atoms with Gasteiger partial charge in [-0.25, -0.2) is 9.78 Å². The number of H-pyrrole nitrogens is 1. The van der Waals surface area contributed by atoms with Crippen LogP contribution in [0.2, 0.25) is 0 Å². The number of aromatic amines is 1. The second-order valence-corrected chi connectivity index (χ2v) is 7.67. The zero-order valence-corrected chi connectivity index (χ0v) is 17.3. The molecule has 3 heterocycles. The van der Waals surface area contributed by atoms with Gasteiger partial charge in [0.2, 0.25) is 0 Å². The maximum absolute atomic E-state index is 12.6. The standard InChI is InChI=1S/C20H17ClN2O5S/c1-3-26-20(25)16-10(2)15-18(24)22-17(23-19(15)29-16)12(21)8-11-4-5-13-14(9-11)28-7-6-27-13/h4-5,8-9H,3,6-7H2,1-2H3,(H,22,23,24)/b12-8-. The second-order valence-electron chi connectivity index (χ2n) is 6.27. The number of carbonyl (C=O) groups is 1. The Hall–Kier alpha value is -2.84. The van der Waals surface area contributed by atoms with Crippen molar-refractivity contribution in [3.63, 3.8) is 0 Å². The number of aryl methyl sites for hydroxylation is 1. The van der Waals surface area contributed by atoms with Crippen LogP contribution in [0.5, 0.6) is 11.5 Å². The zero-order valence-electron chi connectivity index (χ0n) is 15.7. The number of hydrogen-bond acceptors (Lipinski definition) is 7. The van der Waals surface area contributed by atoms with Gasteiger partial charge in [-0.15, -0.1) is 11.3 Å². The van der Waals surface area contributed by atoms with E-state index >= 15 is 0 Å². The van der Waals surface area contributed by atoms with E-state index in [4.69, 9.17) is 25.8 Å². The summed E-state index contributed by atoms with van der Waals surface area (Å²) in [5.74, 6) is 1.07. The van der Waals surface area contributed by atoms with Gasteiger partial charge in [-0.3, -0.25) is 4.79 Å². The molecule has 150 valence electrons. The molecular formula is C20H17ClN2O5S. The highest BCUT2D eigenvalue weighted by atomic mass is 35.5. The van der Waals surface area contributed by atoms with Crippen molar-refractivity contribution in [1.82, 2.24) is 9.97 Å². The normalized spacial score (nSPS) is 13.6. The number of rotatable bonds is 4. The molecule has 29 heavy (non-hydrogen) atoms. The van der Waals surface area contributed by atoms with E-state index in [0.29, 0.717) is 45.4 Å². The molecular weight excluding hydrogens is 416 g/mol. The molecule has 1 N–H and O–H groups in total. The van der Waals surface area contributed by atoms with Crippen molar-refractivity contribution in [2.24, 2.45) is 0 Å². The highest BCUT2D eigenvalue weighted by molar-refractivity contribution is 7.20. The van der Waals surface area contributed by atoms with Gasteiger partial charge in [-0.1, -0.05) is 17.7 Å². The summed E-state index contributed by atoms with van der Waals surface area (Å²) in [5, 5.41) is 0.620. The number of thiophene rings is 1. The van der Waals surface area contributed by atoms with E-state index in [1.165, 1.54) is 0 Å². The van der Waals surface area contributed by atoms with E-state index in [9.17, 15) is 9.59 Å². The number of halogens is 1. The lowest BCUT2D eigenvalue weighted by atomic mass is 10.1. The fourth-order valence-corrected chi connectivity index (χ4v) is 4.30. The van der Waals surface area contributed by atoms with E-state index < -0.39 is 5.97 Å². The number of benzene rings is 1. The summed E-state index contributed by atoms with van der Waals surface area (Å²) in [5.41, 5.74) is 0.968. The summed E-state index contributed by atoms with van der Waals surface area (Å²) < 4.78 is 16.1. The van der Waals surface area contributed by atoms with Gasteiger partial charge < -0.3 is 19.2 Å². The highest BCUT2D eigenvalue weighted by Gasteiger charge is 2.20. The SMILES string of the molecule is CCOC(=O)c1sc2nc(/C(Cl)=C/c3ccc4c(c3)OCCO4)[nH]c(=O)c2c1C. The van der Waals surface area contributed by atoms with Crippen LogP contribution in [-0.4, -0.2) is 35.8 Å². The van der Waals surface area contributed by atoms with Crippen molar-refractivity contribution in [3.8, 4) is 11.5 Å². The van der Waals surface area contributed by atoms with Crippen LogP contribution in [0.1, 0.15) is 33.5 Å². The largest absolute Gasteiger partial charge is 0.486 e. The molecule has 1 aliphatic heterocycles. The highest BCUT2D eigenvalue weighted by Crippen LogP contribution is 2.33. The van der Waals surface area contributed by atoms with E-state index in [1.807, 2.05) is 12.1 Å².